The van der Waals surface area contributed by atoms with Gasteiger partial charge in [0, 0.05) is 0 Å². The molecule has 0 atom stereocenters. The van der Waals surface area contributed by atoms with Gasteiger partial charge >= 0.3 is 0 Å². The van der Waals surface area contributed by atoms with Crippen LogP contribution in [0.2, 0.25) is 0 Å². The molecule has 0 aliphatic carbocycles. The van der Waals surface area contributed by atoms with Crippen LogP contribution in [0.4, 0.5) is 0 Å². The SMILES string of the molecule is COc1cccc(COCc2ccc(OC)c(OC)c2)c1. The Kier molecular flexibility index (Phi) is 5.46. The largest absolute Gasteiger partial charge is 0.497 e. The summed E-state index contributed by atoms with van der Waals surface area (Å²) in [5.74, 6) is 2.26. The van der Waals surface area contributed by atoms with Gasteiger partial charge in [0.1, 0.15) is 5.75 Å². The molecule has 0 radical (unpaired) electrons. The lowest BCUT2D eigenvalue weighted by molar-refractivity contribution is 0.107. The summed E-state index contributed by atoms with van der Waals surface area (Å²) in [6.45, 7) is 1.04. The fourth-order valence-corrected chi connectivity index (χ4v) is 2.02. The molecule has 21 heavy (non-hydrogen) atoms. The quantitative estimate of drug-likeness (QED) is 0.782. The Balaban J connectivity index is 1.93. The van der Waals surface area contributed by atoms with Crippen molar-refractivity contribution in [2.24, 2.45) is 0 Å². The molecule has 0 saturated carbocycles. The average Bonchev–Trinajstić information content (AvgIpc) is 2.55. The molecule has 0 amide bonds. The van der Waals surface area contributed by atoms with Crippen LogP contribution in [-0.4, -0.2) is 21.3 Å². The van der Waals surface area contributed by atoms with Gasteiger partial charge in [0.25, 0.3) is 0 Å². The van der Waals surface area contributed by atoms with Crippen molar-refractivity contribution in [1.29, 1.82) is 0 Å². The second-order valence-electron chi connectivity index (χ2n) is 4.53. The molecular weight excluding hydrogens is 268 g/mol. The molecule has 4 heteroatoms. The highest BCUT2D eigenvalue weighted by molar-refractivity contribution is 5.42. The van der Waals surface area contributed by atoms with Gasteiger partial charge in [0.15, 0.2) is 11.5 Å². The lowest BCUT2D eigenvalue weighted by Gasteiger charge is -2.10. The van der Waals surface area contributed by atoms with E-state index in [1.165, 1.54) is 0 Å². The van der Waals surface area contributed by atoms with Crippen molar-refractivity contribution < 1.29 is 18.9 Å². The van der Waals surface area contributed by atoms with E-state index in [0.717, 1.165) is 16.9 Å². The molecule has 2 rings (SSSR count). The van der Waals surface area contributed by atoms with E-state index in [9.17, 15) is 0 Å². The summed E-state index contributed by atoms with van der Waals surface area (Å²) in [4.78, 5) is 0. The van der Waals surface area contributed by atoms with Crippen molar-refractivity contribution >= 4 is 0 Å². The van der Waals surface area contributed by atoms with Crippen molar-refractivity contribution in [1.82, 2.24) is 0 Å². The Hall–Kier alpha value is -2.20. The molecule has 0 fully saturated rings. The van der Waals surface area contributed by atoms with Gasteiger partial charge in [0.2, 0.25) is 0 Å². The summed E-state index contributed by atoms with van der Waals surface area (Å²) in [6.07, 6.45) is 0. The first-order chi connectivity index (χ1) is 10.3. The zero-order valence-corrected chi connectivity index (χ0v) is 12.6. The lowest BCUT2D eigenvalue weighted by atomic mass is 10.2. The maximum absolute atomic E-state index is 5.73. The number of rotatable bonds is 7. The number of hydrogen-bond donors (Lipinski definition) is 0. The van der Waals surface area contributed by atoms with E-state index in [0.29, 0.717) is 24.7 Å². The molecule has 2 aromatic rings. The smallest absolute Gasteiger partial charge is 0.161 e. The standard InChI is InChI=1S/C17H20O4/c1-18-15-6-4-5-13(9-15)11-21-12-14-7-8-16(19-2)17(10-14)20-3/h4-10H,11-12H2,1-3H3. The van der Waals surface area contributed by atoms with Crippen LogP contribution >= 0.6 is 0 Å². The Bertz CT molecular complexity index is 581. The zero-order valence-electron chi connectivity index (χ0n) is 12.6. The van der Waals surface area contributed by atoms with Crippen LogP contribution in [0.15, 0.2) is 42.5 Å². The number of methoxy groups -OCH3 is 3. The minimum Gasteiger partial charge on any atom is -0.497 e. The number of hydrogen-bond acceptors (Lipinski definition) is 4. The molecule has 0 unspecified atom stereocenters. The van der Waals surface area contributed by atoms with E-state index < -0.39 is 0 Å². The van der Waals surface area contributed by atoms with Crippen molar-refractivity contribution in [2.45, 2.75) is 13.2 Å². The summed E-state index contributed by atoms with van der Waals surface area (Å²) in [6, 6.07) is 13.6. The molecule has 0 bridgehead atoms. The number of benzene rings is 2. The Morgan fingerprint density at radius 3 is 2.10 bits per heavy atom. The molecule has 0 heterocycles. The minimum atomic E-state index is 0.511. The second-order valence-corrected chi connectivity index (χ2v) is 4.53. The van der Waals surface area contributed by atoms with Crippen LogP contribution in [0.25, 0.3) is 0 Å². The van der Waals surface area contributed by atoms with Gasteiger partial charge in [-0.15, -0.1) is 0 Å². The van der Waals surface area contributed by atoms with Crippen molar-refractivity contribution in [2.75, 3.05) is 21.3 Å². The fraction of sp³-hybridized carbons (Fsp3) is 0.294. The second kappa shape index (κ2) is 7.55. The molecule has 0 aliphatic heterocycles. The molecule has 4 nitrogen and oxygen atoms in total. The fourth-order valence-electron chi connectivity index (χ4n) is 2.02. The summed E-state index contributed by atoms with van der Waals surface area (Å²) in [5.41, 5.74) is 2.12. The first kappa shape index (κ1) is 15.2. The van der Waals surface area contributed by atoms with E-state index in [-0.39, 0.29) is 0 Å². The highest BCUT2D eigenvalue weighted by Gasteiger charge is 2.04. The van der Waals surface area contributed by atoms with Gasteiger partial charge in [-0.2, -0.15) is 0 Å². The van der Waals surface area contributed by atoms with Gasteiger partial charge in [-0.25, -0.2) is 0 Å². The van der Waals surface area contributed by atoms with Crippen molar-refractivity contribution in [3.05, 3.63) is 53.6 Å². The predicted octanol–water partition coefficient (Wildman–Crippen LogP) is 3.43. The third-order valence-electron chi connectivity index (χ3n) is 3.12. The topological polar surface area (TPSA) is 36.9 Å². The summed E-state index contributed by atoms with van der Waals surface area (Å²) >= 11 is 0. The molecule has 0 N–H and O–H groups in total. The zero-order chi connectivity index (χ0) is 15.1. The minimum absolute atomic E-state index is 0.511. The molecule has 112 valence electrons. The van der Waals surface area contributed by atoms with Crippen LogP contribution in [0.1, 0.15) is 11.1 Å². The molecule has 2 aromatic carbocycles. The highest BCUT2D eigenvalue weighted by Crippen LogP contribution is 2.27. The maximum Gasteiger partial charge on any atom is 0.161 e. The highest BCUT2D eigenvalue weighted by atomic mass is 16.5. The summed E-state index contributed by atoms with van der Waals surface area (Å²) in [5, 5.41) is 0. The van der Waals surface area contributed by atoms with Gasteiger partial charge in [0.05, 0.1) is 34.5 Å². The van der Waals surface area contributed by atoms with Crippen LogP contribution in [0, 0.1) is 0 Å². The predicted molar refractivity (Wildman–Crippen MR) is 81.0 cm³/mol. The lowest BCUT2D eigenvalue weighted by Crippen LogP contribution is -1.97. The van der Waals surface area contributed by atoms with Crippen molar-refractivity contribution in [3.63, 3.8) is 0 Å². The molecular formula is C17H20O4. The van der Waals surface area contributed by atoms with E-state index in [1.54, 1.807) is 21.3 Å². The Morgan fingerprint density at radius 2 is 1.43 bits per heavy atom. The Labute approximate surface area is 125 Å². The molecule has 0 saturated heterocycles. The van der Waals surface area contributed by atoms with E-state index >= 15 is 0 Å². The average molecular weight is 288 g/mol. The van der Waals surface area contributed by atoms with E-state index in [1.807, 2.05) is 42.5 Å². The molecule has 0 aliphatic rings. The third-order valence-corrected chi connectivity index (χ3v) is 3.12. The van der Waals surface area contributed by atoms with Gasteiger partial charge in [-0.1, -0.05) is 18.2 Å². The van der Waals surface area contributed by atoms with Crippen LogP contribution < -0.4 is 14.2 Å². The third kappa shape index (κ3) is 4.13. The van der Waals surface area contributed by atoms with E-state index in [4.69, 9.17) is 18.9 Å². The number of ether oxygens (including phenoxy) is 4. The normalized spacial score (nSPS) is 10.2. The summed E-state index contributed by atoms with van der Waals surface area (Å²) < 4.78 is 21.4. The first-order valence-corrected chi connectivity index (χ1v) is 6.68. The van der Waals surface area contributed by atoms with Gasteiger partial charge in [-0.3, -0.25) is 0 Å². The molecule has 0 spiro atoms. The van der Waals surface area contributed by atoms with Crippen LogP contribution in [0.3, 0.4) is 0 Å². The van der Waals surface area contributed by atoms with Gasteiger partial charge < -0.3 is 18.9 Å². The summed E-state index contributed by atoms with van der Waals surface area (Å²) in [7, 11) is 4.90. The Morgan fingerprint density at radius 1 is 0.714 bits per heavy atom. The van der Waals surface area contributed by atoms with E-state index in [2.05, 4.69) is 0 Å². The first-order valence-electron chi connectivity index (χ1n) is 6.68. The van der Waals surface area contributed by atoms with Crippen LogP contribution in [-0.2, 0) is 18.0 Å². The molecule has 0 aromatic heterocycles. The van der Waals surface area contributed by atoms with Gasteiger partial charge in [-0.05, 0) is 35.4 Å². The van der Waals surface area contributed by atoms with Crippen LogP contribution in [0.5, 0.6) is 17.2 Å². The maximum atomic E-state index is 5.73. The monoisotopic (exact) mass is 288 g/mol. The van der Waals surface area contributed by atoms with Crippen molar-refractivity contribution in [3.8, 4) is 17.2 Å².